The van der Waals surface area contributed by atoms with Crippen LogP contribution in [-0.2, 0) is 25.9 Å². The van der Waals surface area contributed by atoms with E-state index in [1.165, 1.54) is 41.9 Å². The number of urea groups is 2. The van der Waals surface area contributed by atoms with Gasteiger partial charge in [0.15, 0.2) is 0 Å². The quantitative estimate of drug-likeness (QED) is 0.108. The van der Waals surface area contributed by atoms with E-state index in [4.69, 9.17) is 29.2 Å². The summed E-state index contributed by atoms with van der Waals surface area (Å²) < 4.78 is 17.0. The number of carbonyl (C=O) groups is 2. The second kappa shape index (κ2) is 24.9. The Balaban J connectivity index is 0.000000185. The molecular weight excluding hydrogens is 1040 g/mol. The molecule has 5 aliphatic heterocycles. The minimum atomic E-state index is -0.192. The second-order valence-electron chi connectivity index (χ2n) is 22.4. The zero-order valence-electron chi connectivity index (χ0n) is 49.3. The third-order valence-electron chi connectivity index (χ3n) is 16.7. The lowest BCUT2D eigenvalue weighted by molar-refractivity contribution is 0.250. The summed E-state index contributed by atoms with van der Waals surface area (Å²) in [6, 6.07) is 34.3. The molecule has 7 aromatic rings. The average molecular weight is 1120 g/mol. The van der Waals surface area contributed by atoms with Gasteiger partial charge in [0.1, 0.15) is 40.5 Å². The lowest BCUT2D eigenvalue weighted by atomic mass is 10.0. The maximum atomic E-state index is 14.6. The summed E-state index contributed by atoms with van der Waals surface area (Å²) in [4.78, 5) is 66.1. The van der Waals surface area contributed by atoms with Crippen LogP contribution in [0.1, 0.15) is 64.3 Å². The monoisotopic (exact) mass is 1120 g/mol. The molecule has 0 spiro atoms. The lowest BCUT2D eigenvalue weighted by Gasteiger charge is -2.38. The molecule has 4 amide bonds. The lowest BCUT2D eigenvalue weighted by Crippen LogP contribution is -2.46. The van der Waals surface area contributed by atoms with E-state index in [1.54, 1.807) is 49.1 Å². The summed E-state index contributed by atoms with van der Waals surface area (Å²) in [7, 11) is 11.0. The zero-order chi connectivity index (χ0) is 57.7. The van der Waals surface area contributed by atoms with Gasteiger partial charge in [-0.25, -0.2) is 34.4 Å². The fraction of sp³-hybridized carbons (Fsp3) is 0.385. The first-order valence-electron chi connectivity index (χ1n) is 29.0. The van der Waals surface area contributed by atoms with Crippen molar-refractivity contribution in [2.24, 2.45) is 0 Å². The third kappa shape index (κ3) is 12.2. The first kappa shape index (κ1) is 56.4. The summed E-state index contributed by atoms with van der Waals surface area (Å²) in [6.07, 6.45) is 8.55. The van der Waals surface area contributed by atoms with Gasteiger partial charge in [0.2, 0.25) is 0 Å². The van der Waals surface area contributed by atoms with Crippen LogP contribution >= 0.6 is 0 Å². The summed E-state index contributed by atoms with van der Waals surface area (Å²) in [5.41, 5.74) is 12.1. The smallest absolute Gasteiger partial charge is 0.335 e. The van der Waals surface area contributed by atoms with Gasteiger partial charge in [0.25, 0.3) is 0 Å². The number of anilines is 8. The van der Waals surface area contributed by atoms with Gasteiger partial charge >= 0.3 is 12.1 Å². The number of nitrogens with zero attached hydrogens (tertiary/aromatic N) is 13. The Kier molecular flexibility index (Phi) is 16.9. The number of aryl methyl sites for hydroxylation is 2. The molecule has 2 aromatic heterocycles. The molecule has 0 N–H and O–H groups in total. The average Bonchev–Trinajstić information content (AvgIpc) is 3.60. The minimum absolute atomic E-state index is 0.0996. The first-order chi connectivity index (χ1) is 40.4. The molecule has 18 nitrogen and oxygen atoms in total. The van der Waals surface area contributed by atoms with E-state index in [9.17, 15) is 9.59 Å². The highest BCUT2D eigenvalue weighted by Crippen LogP contribution is 2.43. The Morgan fingerprint density at radius 2 is 1.08 bits per heavy atom. The van der Waals surface area contributed by atoms with Gasteiger partial charge in [-0.05, 0) is 112 Å². The molecule has 3 saturated heterocycles. The molecule has 0 saturated carbocycles. The van der Waals surface area contributed by atoms with Gasteiger partial charge < -0.3 is 38.7 Å². The van der Waals surface area contributed by atoms with E-state index in [0.717, 1.165) is 110 Å². The molecule has 432 valence electrons. The van der Waals surface area contributed by atoms with Crippen molar-refractivity contribution >= 4 is 57.8 Å². The van der Waals surface area contributed by atoms with Crippen molar-refractivity contribution in [1.82, 2.24) is 29.7 Å². The van der Waals surface area contributed by atoms with E-state index in [1.807, 2.05) is 91.8 Å². The molecule has 12 rings (SSSR count). The molecular formula is C65H77N13O5. The van der Waals surface area contributed by atoms with Gasteiger partial charge in [-0.2, -0.15) is 0 Å². The number of piperidine rings is 1. The number of likely N-dealkylation sites (N-methyl/N-ethyl adjacent to an activating group) is 2. The van der Waals surface area contributed by atoms with Crippen LogP contribution in [-0.4, -0.2) is 150 Å². The van der Waals surface area contributed by atoms with Crippen molar-refractivity contribution in [3.8, 4) is 17.2 Å². The van der Waals surface area contributed by atoms with Gasteiger partial charge in [-0.1, -0.05) is 42.5 Å². The number of para-hydroxylation sites is 2. The summed E-state index contributed by atoms with van der Waals surface area (Å²) in [5, 5.41) is 0. The summed E-state index contributed by atoms with van der Waals surface area (Å²) in [5.74, 6) is 4.57. The maximum Gasteiger partial charge on any atom is 0.335 e. The number of hydrogen-bond acceptors (Lipinski definition) is 14. The summed E-state index contributed by atoms with van der Waals surface area (Å²) in [6.45, 7) is 15.3. The fourth-order valence-electron chi connectivity index (χ4n) is 11.9. The molecule has 0 bridgehead atoms. The number of aromatic nitrogens is 4. The fourth-order valence-corrected chi connectivity index (χ4v) is 11.9. The number of benzene rings is 5. The normalized spacial score (nSPS) is 16.8. The zero-order valence-corrected chi connectivity index (χ0v) is 49.3. The predicted molar refractivity (Wildman–Crippen MR) is 330 cm³/mol. The molecule has 7 heterocycles. The van der Waals surface area contributed by atoms with Crippen LogP contribution in [0.3, 0.4) is 0 Å². The minimum Gasteiger partial charge on any atom is -0.497 e. The van der Waals surface area contributed by atoms with Crippen molar-refractivity contribution in [2.75, 3.05) is 142 Å². The van der Waals surface area contributed by atoms with Gasteiger partial charge in [0, 0.05) is 149 Å². The van der Waals surface area contributed by atoms with E-state index < -0.39 is 0 Å². The summed E-state index contributed by atoms with van der Waals surface area (Å²) >= 11 is 0. The van der Waals surface area contributed by atoms with Crippen LogP contribution in [0.15, 0.2) is 116 Å². The van der Waals surface area contributed by atoms with Crippen LogP contribution in [0.5, 0.6) is 17.2 Å². The molecule has 5 aromatic carbocycles. The SMILES string of the molecule is COc1cc(N2CCN(C)CC2)ccc1Cc1ncc2c(n1)N(C)C(=O)N(c1ccccc1)C2.COc1ccc(N2C(=O)N(c3c(C)cccc3C)Cc3cnc(Cc4cc(N5CCCCC5)cc(N5CCN(C)CC5)c4)nc32)c(OC)c1. The highest BCUT2D eigenvalue weighted by molar-refractivity contribution is 6.11. The topological polar surface area (TPSA) is 143 Å². The van der Waals surface area contributed by atoms with E-state index in [0.29, 0.717) is 66.4 Å². The number of amides is 4. The van der Waals surface area contributed by atoms with Crippen molar-refractivity contribution in [3.63, 3.8) is 0 Å². The van der Waals surface area contributed by atoms with Crippen molar-refractivity contribution in [1.29, 1.82) is 0 Å². The van der Waals surface area contributed by atoms with Crippen molar-refractivity contribution in [2.45, 2.75) is 59.0 Å². The van der Waals surface area contributed by atoms with Crippen molar-refractivity contribution in [3.05, 3.63) is 161 Å². The molecule has 5 aliphatic rings. The van der Waals surface area contributed by atoms with Gasteiger partial charge in [-0.15, -0.1) is 0 Å². The number of fused-ring (bicyclic) bond motifs is 2. The van der Waals surface area contributed by atoms with Crippen LogP contribution in [0.4, 0.5) is 55.3 Å². The second-order valence-corrected chi connectivity index (χ2v) is 22.4. The van der Waals surface area contributed by atoms with Crippen LogP contribution < -0.4 is 48.5 Å². The molecule has 18 heteroatoms. The Morgan fingerprint density at radius 1 is 0.494 bits per heavy atom. The molecule has 0 atom stereocenters. The standard InChI is InChI=1S/C39H47N7O3.C26H30N6O2/c1-27-10-9-11-28(2)37(27)45-26-30-25-40-36(41-38(30)46(39(45)47)34-13-12-33(48-4)24-35(34)49-5)22-29-20-31(43-14-7-6-8-15-43)23-32(21-29)44-18-16-42(3)17-19-44;1-29-11-13-31(14-12-29)22-10-9-19(23(16-22)34-3)15-24-27-17-20-18-32(21-7-5-4-6-8-21)26(33)30(2)25(20)28-24/h9-13,20-21,23-25H,6-8,14-19,22,26H2,1-5H3;4-10,16-17H,11-15,18H2,1-3H3. The van der Waals surface area contributed by atoms with E-state index >= 15 is 0 Å². The highest BCUT2D eigenvalue weighted by atomic mass is 16.5. The molecule has 0 unspecified atom stereocenters. The van der Waals surface area contributed by atoms with Crippen LogP contribution in [0, 0.1) is 13.8 Å². The van der Waals surface area contributed by atoms with E-state index in [-0.39, 0.29) is 12.1 Å². The number of methoxy groups -OCH3 is 3. The Hall–Kier alpha value is -8.48. The molecule has 0 aliphatic carbocycles. The third-order valence-corrected chi connectivity index (χ3v) is 16.7. The van der Waals surface area contributed by atoms with Crippen molar-refractivity contribution < 1.29 is 23.8 Å². The number of carbonyl (C=O) groups excluding carboxylic acids is 2. The highest BCUT2D eigenvalue weighted by Gasteiger charge is 2.37. The van der Waals surface area contributed by atoms with Gasteiger partial charge in [-0.3, -0.25) is 14.7 Å². The predicted octanol–water partition coefficient (Wildman–Crippen LogP) is 10.1. The maximum absolute atomic E-state index is 14.6. The largest absolute Gasteiger partial charge is 0.497 e. The van der Waals surface area contributed by atoms with Crippen LogP contribution in [0.25, 0.3) is 0 Å². The first-order valence-corrected chi connectivity index (χ1v) is 29.0. The molecule has 3 fully saturated rings. The number of piperazine rings is 2. The Morgan fingerprint density at radius 3 is 1.72 bits per heavy atom. The number of rotatable bonds is 13. The Bertz CT molecular complexity index is 3430. The Labute approximate surface area is 488 Å². The number of hydrogen-bond donors (Lipinski definition) is 0. The van der Waals surface area contributed by atoms with E-state index in [2.05, 4.69) is 80.0 Å². The van der Waals surface area contributed by atoms with Crippen LogP contribution in [0.2, 0.25) is 0 Å². The van der Waals surface area contributed by atoms with Gasteiger partial charge in [0.05, 0.1) is 45.8 Å². The molecule has 0 radical (unpaired) electrons. The molecule has 83 heavy (non-hydrogen) atoms. The number of ether oxygens (including phenoxy) is 3.